The van der Waals surface area contributed by atoms with E-state index >= 15 is 0 Å². The Morgan fingerprint density at radius 1 is 1.19 bits per heavy atom. The van der Waals surface area contributed by atoms with Gasteiger partial charge in [0.2, 0.25) is 0 Å². The third-order valence-electron chi connectivity index (χ3n) is 4.68. The van der Waals surface area contributed by atoms with Crippen LogP contribution >= 0.6 is 0 Å². The van der Waals surface area contributed by atoms with Gasteiger partial charge in [-0.3, -0.25) is 4.79 Å². The molecule has 0 bridgehead atoms. The second kappa shape index (κ2) is 7.52. The molecular formula is C20H22N4O2. The van der Waals surface area contributed by atoms with Crippen molar-refractivity contribution < 1.29 is 9.53 Å². The van der Waals surface area contributed by atoms with E-state index in [0.29, 0.717) is 17.0 Å². The summed E-state index contributed by atoms with van der Waals surface area (Å²) in [6, 6.07) is 6.10. The molecule has 1 aromatic heterocycles. The quantitative estimate of drug-likeness (QED) is 0.916. The zero-order valence-electron chi connectivity index (χ0n) is 15.2. The van der Waals surface area contributed by atoms with Gasteiger partial charge in [0.1, 0.15) is 17.7 Å². The van der Waals surface area contributed by atoms with Gasteiger partial charge in [-0.15, -0.1) is 0 Å². The highest BCUT2D eigenvalue weighted by atomic mass is 16.5. The Morgan fingerprint density at radius 2 is 1.85 bits per heavy atom. The zero-order valence-corrected chi connectivity index (χ0v) is 15.2. The summed E-state index contributed by atoms with van der Waals surface area (Å²) in [7, 11) is 0. The van der Waals surface area contributed by atoms with Crippen molar-refractivity contribution in [3.05, 3.63) is 52.6 Å². The van der Waals surface area contributed by atoms with E-state index in [-0.39, 0.29) is 18.1 Å². The standard InChI is InChI=1S/C20H22N4O2/c1-12-6-18(7-13(2)19(12)9-21)26-17-5-4-16(8-17)24-20(25)15-10-22-14(3)23-11-15/h6-7,10-11,16-17H,4-5,8H2,1-3H3,(H,24,25)/t16-,17+/m0/s1. The molecule has 1 aromatic carbocycles. The number of carbonyl (C=O) groups excluding carboxylic acids is 1. The van der Waals surface area contributed by atoms with Crippen LogP contribution in [0.2, 0.25) is 0 Å². The van der Waals surface area contributed by atoms with Gasteiger partial charge < -0.3 is 10.1 Å². The molecular weight excluding hydrogens is 328 g/mol. The number of nitrogens with zero attached hydrogens (tertiary/aromatic N) is 3. The molecule has 1 amide bonds. The van der Waals surface area contributed by atoms with E-state index in [1.807, 2.05) is 26.0 Å². The van der Waals surface area contributed by atoms with Crippen molar-refractivity contribution in [2.45, 2.75) is 52.2 Å². The molecule has 0 radical (unpaired) electrons. The largest absolute Gasteiger partial charge is 0.490 e. The third kappa shape index (κ3) is 3.99. The first-order valence-electron chi connectivity index (χ1n) is 8.73. The molecule has 0 aliphatic heterocycles. The predicted octanol–water partition coefficient (Wildman–Crippen LogP) is 3.00. The molecule has 2 atom stereocenters. The van der Waals surface area contributed by atoms with Crippen molar-refractivity contribution in [3.8, 4) is 11.8 Å². The van der Waals surface area contributed by atoms with E-state index in [0.717, 1.165) is 36.1 Å². The van der Waals surface area contributed by atoms with Gasteiger partial charge >= 0.3 is 0 Å². The summed E-state index contributed by atoms with van der Waals surface area (Å²) in [5.74, 6) is 1.27. The molecule has 1 aliphatic rings. The summed E-state index contributed by atoms with van der Waals surface area (Å²) in [6.07, 6.45) is 5.66. The zero-order chi connectivity index (χ0) is 18.7. The van der Waals surface area contributed by atoms with Crippen molar-refractivity contribution in [3.63, 3.8) is 0 Å². The van der Waals surface area contributed by atoms with E-state index in [2.05, 4.69) is 21.4 Å². The fraction of sp³-hybridized carbons (Fsp3) is 0.400. The van der Waals surface area contributed by atoms with Crippen LogP contribution in [0.5, 0.6) is 5.75 Å². The molecule has 1 aliphatic carbocycles. The highest BCUT2D eigenvalue weighted by Gasteiger charge is 2.28. The van der Waals surface area contributed by atoms with Crippen LogP contribution in [-0.2, 0) is 0 Å². The van der Waals surface area contributed by atoms with E-state index < -0.39 is 0 Å². The van der Waals surface area contributed by atoms with Gasteiger partial charge in [-0.25, -0.2) is 9.97 Å². The van der Waals surface area contributed by atoms with Crippen LogP contribution in [0.25, 0.3) is 0 Å². The summed E-state index contributed by atoms with van der Waals surface area (Å²) < 4.78 is 6.08. The van der Waals surface area contributed by atoms with Crippen LogP contribution in [0, 0.1) is 32.1 Å². The van der Waals surface area contributed by atoms with Crippen molar-refractivity contribution >= 4 is 5.91 Å². The maximum atomic E-state index is 12.3. The molecule has 0 spiro atoms. The van der Waals surface area contributed by atoms with Crippen LogP contribution in [0.15, 0.2) is 24.5 Å². The lowest BCUT2D eigenvalue weighted by Gasteiger charge is -2.16. The number of hydrogen-bond acceptors (Lipinski definition) is 5. The minimum absolute atomic E-state index is 0.0568. The summed E-state index contributed by atoms with van der Waals surface area (Å²) in [5.41, 5.74) is 3.02. The van der Waals surface area contributed by atoms with E-state index in [1.54, 1.807) is 19.3 Å². The number of aromatic nitrogens is 2. The van der Waals surface area contributed by atoms with Gasteiger partial charge in [0, 0.05) is 24.9 Å². The lowest BCUT2D eigenvalue weighted by molar-refractivity contribution is 0.0934. The molecule has 0 unspecified atom stereocenters. The molecule has 134 valence electrons. The molecule has 6 heteroatoms. The van der Waals surface area contributed by atoms with Crippen molar-refractivity contribution in [1.29, 1.82) is 5.26 Å². The fourth-order valence-corrected chi connectivity index (χ4v) is 3.32. The normalized spacial score (nSPS) is 19.0. The molecule has 26 heavy (non-hydrogen) atoms. The maximum Gasteiger partial charge on any atom is 0.254 e. The number of rotatable bonds is 4. The van der Waals surface area contributed by atoms with Crippen LogP contribution in [-0.4, -0.2) is 28.0 Å². The second-order valence-corrected chi connectivity index (χ2v) is 6.79. The van der Waals surface area contributed by atoms with Gasteiger partial charge in [0.15, 0.2) is 0 Å². The predicted molar refractivity (Wildman–Crippen MR) is 96.9 cm³/mol. The SMILES string of the molecule is Cc1ncc(C(=O)N[C@H]2CC[C@@H](Oc3cc(C)c(C#N)c(C)c3)C2)cn1. The van der Waals surface area contributed by atoms with Crippen LogP contribution < -0.4 is 10.1 Å². The molecule has 1 saturated carbocycles. The Kier molecular flexibility index (Phi) is 5.17. The molecule has 0 saturated heterocycles. The Labute approximate surface area is 153 Å². The number of amides is 1. The van der Waals surface area contributed by atoms with Gasteiger partial charge in [-0.1, -0.05) is 0 Å². The number of benzene rings is 1. The van der Waals surface area contributed by atoms with Crippen molar-refractivity contribution in [2.24, 2.45) is 0 Å². The molecule has 1 N–H and O–H groups in total. The monoisotopic (exact) mass is 350 g/mol. The Hall–Kier alpha value is -2.94. The van der Waals surface area contributed by atoms with E-state index in [1.165, 1.54) is 0 Å². The summed E-state index contributed by atoms with van der Waals surface area (Å²) in [5, 5.41) is 12.2. The fourth-order valence-electron chi connectivity index (χ4n) is 3.32. The highest BCUT2D eigenvalue weighted by molar-refractivity contribution is 5.93. The summed E-state index contributed by atoms with van der Waals surface area (Å²) in [6.45, 7) is 5.62. The van der Waals surface area contributed by atoms with E-state index in [4.69, 9.17) is 10.00 Å². The number of ether oxygens (including phenoxy) is 1. The topological polar surface area (TPSA) is 87.9 Å². The van der Waals surface area contributed by atoms with Gasteiger partial charge in [-0.05, 0) is 56.9 Å². The first kappa shape index (κ1) is 17.9. The van der Waals surface area contributed by atoms with Gasteiger partial charge in [-0.2, -0.15) is 5.26 Å². The van der Waals surface area contributed by atoms with Gasteiger partial charge in [0.05, 0.1) is 17.2 Å². The molecule has 1 fully saturated rings. The number of nitriles is 1. The van der Waals surface area contributed by atoms with E-state index in [9.17, 15) is 4.79 Å². The lowest BCUT2D eigenvalue weighted by atomic mass is 10.0. The minimum Gasteiger partial charge on any atom is -0.490 e. The number of hydrogen-bond donors (Lipinski definition) is 1. The Bertz CT molecular complexity index is 832. The molecule has 1 heterocycles. The summed E-state index contributed by atoms with van der Waals surface area (Å²) >= 11 is 0. The lowest BCUT2D eigenvalue weighted by Crippen LogP contribution is -2.33. The average molecular weight is 350 g/mol. The number of carbonyl (C=O) groups is 1. The Morgan fingerprint density at radius 3 is 2.46 bits per heavy atom. The number of nitrogens with one attached hydrogen (secondary N) is 1. The van der Waals surface area contributed by atoms with Crippen LogP contribution in [0.4, 0.5) is 0 Å². The molecule has 3 rings (SSSR count). The van der Waals surface area contributed by atoms with Crippen LogP contribution in [0.3, 0.4) is 0 Å². The number of aryl methyl sites for hydroxylation is 3. The van der Waals surface area contributed by atoms with Crippen molar-refractivity contribution in [1.82, 2.24) is 15.3 Å². The maximum absolute atomic E-state index is 12.3. The van der Waals surface area contributed by atoms with Crippen molar-refractivity contribution in [2.75, 3.05) is 0 Å². The van der Waals surface area contributed by atoms with Gasteiger partial charge in [0.25, 0.3) is 5.91 Å². The first-order chi connectivity index (χ1) is 12.5. The molecule has 2 aromatic rings. The Balaban J connectivity index is 1.58. The third-order valence-corrected chi connectivity index (χ3v) is 4.68. The smallest absolute Gasteiger partial charge is 0.254 e. The minimum atomic E-state index is -0.152. The molecule has 6 nitrogen and oxygen atoms in total. The first-order valence-corrected chi connectivity index (χ1v) is 8.73. The highest BCUT2D eigenvalue weighted by Crippen LogP contribution is 2.27. The summed E-state index contributed by atoms with van der Waals surface area (Å²) in [4.78, 5) is 20.4. The average Bonchev–Trinajstić information content (AvgIpc) is 3.02. The second-order valence-electron chi connectivity index (χ2n) is 6.79. The van der Waals surface area contributed by atoms with Crippen LogP contribution in [0.1, 0.15) is 52.1 Å².